The lowest BCUT2D eigenvalue weighted by Crippen LogP contribution is -2.38. The average Bonchev–Trinajstić information content (AvgIpc) is 2.24. The van der Waals surface area contributed by atoms with Crippen molar-refractivity contribution in [1.82, 2.24) is 10.2 Å². The van der Waals surface area contributed by atoms with E-state index >= 15 is 0 Å². The largest absolute Gasteiger partial charge is 0.444 e. The van der Waals surface area contributed by atoms with Crippen LogP contribution in [0.3, 0.4) is 0 Å². The Morgan fingerprint density at radius 2 is 1.78 bits per heavy atom. The Hall–Kier alpha value is -0.770. The van der Waals surface area contributed by atoms with E-state index in [1.54, 1.807) is 0 Å². The maximum atomic E-state index is 11.5. The van der Waals surface area contributed by atoms with Crippen LogP contribution in [-0.2, 0) is 4.74 Å². The number of nitrogens with one attached hydrogen (secondary N) is 1. The number of nitrogens with zero attached hydrogens (tertiary/aromatic N) is 1. The molecule has 0 unspecified atom stereocenters. The second kappa shape index (κ2) is 6.41. The molecule has 1 amide bonds. The molecule has 0 spiro atoms. The molecule has 1 saturated carbocycles. The van der Waals surface area contributed by atoms with Crippen molar-refractivity contribution in [3.05, 3.63) is 0 Å². The predicted octanol–water partition coefficient (Wildman–Crippen LogP) is 2.63. The average molecular weight is 256 g/mol. The lowest BCUT2D eigenvalue weighted by atomic mass is 9.85. The van der Waals surface area contributed by atoms with E-state index in [-0.39, 0.29) is 6.09 Å². The summed E-state index contributed by atoms with van der Waals surface area (Å²) in [7, 11) is 4.29. The minimum atomic E-state index is -0.410. The molecule has 0 bridgehead atoms. The highest BCUT2D eigenvalue weighted by Gasteiger charge is 2.23. The highest BCUT2D eigenvalue weighted by Crippen LogP contribution is 2.25. The number of hydrogen-bond acceptors (Lipinski definition) is 3. The number of hydrogen-bond donors (Lipinski definition) is 1. The summed E-state index contributed by atoms with van der Waals surface area (Å²) < 4.78 is 5.23. The minimum absolute atomic E-state index is 0.294. The third-order valence-corrected chi connectivity index (χ3v) is 3.48. The molecule has 4 nitrogen and oxygen atoms in total. The fraction of sp³-hybridized carbons (Fsp3) is 0.929. The second-order valence-corrected chi connectivity index (χ2v) is 6.52. The summed E-state index contributed by atoms with van der Waals surface area (Å²) in [6.45, 7) is 6.40. The Morgan fingerprint density at radius 3 is 2.22 bits per heavy atom. The molecule has 1 N–H and O–H groups in total. The summed E-state index contributed by atoms with van der Waals surface area (Å²) in [6, 6.07) is 0.711. The third-order valence-electron chi connectivity index (χ3n) is 3.48. The van der Waals surface area contributed by atoms with E-state index in [2.05, 4.69) is 24.3 Å². The van der Waals surface area contributed by atoms with Crippen molar-refractivity contribution in [2.24, 2.45) is 5.92 Å². The Balaban J connectivity index is 2.20. The minimum Gasteiger partial charge on any atom is -0.444 e. The van der Waals surface area contributed by atoms with Crippen molar-refractivity contribution >= 4 is 6.09 Å². The maximum absolute atomic E-state index is 11.5. The first-order valence-corrected chi connectivity index (χ1v) is 6.91. The highest BCUT2D eigenvalue weighted by atomic mass is 16.6. The second-order valence-electron chi connectivity index (χ2n) is 6.52. The van der Waals surface area contributed by atoms with E-state index < -0.39 is 5.60 Å². The summed E-state index contributed by atoms with van der Waals surface area (Å²) in [5, 5.41) is 2.88. The molecule has 1 aliphatic rings. The van der Waals surface area contributed by atoms with Gasteiger partial charge in [-0.2, -0.15) is 0 Å². The van der Waals surface area contributed by atoms with Crippen molar-refractivity contribution in [2.75, 3.05) is 20.6 Å². The van der Waals surface area contributed by atoms with Crippen LogP contribution >= 0.6 is 0 Å². The van der Waals surface area contributed by atoms with Gasteiger partial charge >= 0.3 is 6.09 Å². The van der Waals surface area contributed by atoms with Crippen LogP contribution < -0.4 is 5.32 Å². The maximum Gasteiger partial charge on any atom is 0.407 e. The van der Waals surface area contributed by atoms with Crippen LogP contribution in [0.5, 0.6) is 0 Å². The van der Waals surface area contributed by atoms with E-state index in [9.17, 15) is 4.79 Å². The first-order valence-electron chi connectivity index (χ1n) is 6.91. The van der Waals surface area contributed by atoms with E-state index in [4.69, 9.17) is 4.74 Å². The summed E-state index contributed by atoms with van der Waals surface area (Å²) in [6.07, 6.45) is 4.55. The van der Waals surface area contributed by atoms with Gasteiger partial charge in [-0.05, 0) is 66.5 Å². The molecule has 1 aliphatic carbocycles. The SMILES string of the molecule is CN(C)[C@H]1CC[C@H](CNC(=O)OC(C)(C)C)CC1. The zero-order valence-electron chi connectivity index (χ0n) is 12.5. The molecule has 0 saturated heterocycles. The summed E-state index contributed by atoms with van der Waals surface area (Å²) in [5.41, 5.74) is -0.410. The molecule has 0 aromatic heterocycles. The van der Waals surface area contributed by atoms with Gasteiger partial charge in [-0.3, -0.25) is 0 Å². The van der Waals surface area contributed by atoms with Crippen molar-refractivity contribution in [2.45, 2.75) is 58.1 Å². The summed E-state index contributed by atoms with van der Waals surface area (Å²) in [5.74, 6) is 0.605. The van der Waals surface area contributed by atoms with Crippen LogP contribution in [0, 0.1) is 5.92 Å². The quantitative estimate of drug-likeness (QED) is 0.844. The number of rotatable bonds is 3. The van der Waals surface area contributed by atoms with Crippen LogP contribution in [0.25, 0.3) is 0 Å². The molecule has 0 radical (unpaired) electrons. The zero-order chi connectivity index (χ0) is 13.8. The van der Waals surface area contributed by atoms with Gasteiger partial charge in [0.05, 0.1) is 0 Å². The summed E-state index contributed by atoms with van der Waals surface area (Å²) in [4.78, 5) is 13.8. The Kier molecular flexibility index (Phi) is 5.45. The molecule has 1 rings (SSSR count). The van der Waals surface area contributed by atoms with E-state index in [1.807, 2.05) is 20.8 Å². The standard InChI is InChI=1S/C14H28N2O2/c1-14(2,3)18-13(17)15-10-11-6-8-12(9-7-11)16(4)5/h11-12H,6-10H2,1-5H3,(H,15,17)/t11-,12-. The van der Waals surface area contributed by atoms with Gasteiger partial charge in [0.25, 0.3) is 0 Å². The van der Waals surface area contributed by atoms with Crippen molar-refractivity contribution in [1.29, 1.82) is 0 Å². The van der Waals surface area contributed by atoms with Gasteiger partial charge in [0.1, 0.15) is 5.60 Å². The molecular formula is C14H28N2O2. The Labute approximate surface area is 111 Å². The fourth-order valence-corrected chi connectivity index (χ4v) is 2.41. The van der Waals surface area contributed by atoms with E-state index in [1.165, 1.54) is 25.7 Å². The molecule has 18 heavy (non-hydrogen) atoms. The monoisotopic (exact) mass is 256 g/mol. The van der Waals surface area contributed by atoms with Crippen LogP contribution in [0.2, 0.25) is 0 Å². The van der Waals surface area contributed by atoms with Gasteiger partial charge in [-0.15, -0.1) is 0 Å². The Bertz CT molecular complexity index is 263. The van der Waals surface area contributed by atoms with Crippen molar-refractivity contribution in [3.8, 4) is 0 Å². The molecule has 4 heteroatoms. The van der Waals surface area contributed by atoms with Gasteiger partial charge in [-0.25, -0.2) is 4.79 Å². The first kappa shape index (κ1) is 15.3. The number of carbonyl (C=O) groups is 1. The van der Waals surface area contributed by atoms with Gasteiger partial charge in [0, 0.05) is 12.6 Å². The molecule has 0 heterocycles. The lowest BCUT2D eigenvalue weighted by Gasteiger charge is -2.32. The summed E-state index contributed by atoms with van der Waals surface area (Å²) >= 11 is 0. The van der Waals surface area contributed by atoms with E-state index in [0.717, 1.165) is 6.54 Å². The third kappa shape index (κ3) is 5.71. The Morgan fingerprint density at radius 1 is 1.22 bits per heavy atom. The normalized spacial score (nSPS) is 25.0. The van der Waals surface area contributed by atoms with Gasteiger partial charge in [0.15, 0.2) is 0 Å². The van der Waals surface area contributed by atoms with Crippen LogP contribution in [0.1, 0.15) is 46.5 Å². The van der Waals surface area contributed by atoms with E-state index in [0.29, 0.717) is 12.0 Å². The predicted molar refractivity (Wildman–Crippen MR) is 73.7 cm³/mol. The number of ether oxygens (including phenoxy) is 1. The molecule has 0 aromatic rings. The highest BCUT2D eigenvalue weighted by molar-refractivity contribution is 5.67. The smallest absolute Gasteiger partial charge is 0.407 e. The first-order chi connectivity index (χ1) is 8.28. The molecule has 0 atom stereocenters. The van der Waals surface area contributed by atoms with Gasteiger partial charge in [0.2, 0.25) is 0 Å². The molecular weight excluding hydrogens is 228 g/mol. The number of carbonyl (C=O) groups excluding carboxylic acids is 1. The molecule has 106 valence electrons. The van der Waals surface area contributed by atoms with Crippen molar-refractivity contribution < 1.29 is 9.53 Å². The van der Waals surface area contributed by atoms with Crippen LogP contribution in [0.4, 0.5) is 4.79 Å². The van der Waals surface area contributed by atoms with Crippen LogP contribution in [-0.4, -0.2) is 43.3 Å². The molecule has 0 aliphatic heterocycles. The number of alkyl carbamates (subject to hydrolysis) is 1. The molecule has 0 aromatic carbocycles. The lowest BCUT2D eigenvalue weighted by molar-refractivity contribution is 0.0512. The van der Waals surface area contributed by atoms with Gasteiger partial charge < -0.3 is 15.0 Å². The topological polar surface area (TPSA) is 41.6 Å². The van der Waals surface area contributed by atoms with Gasteiger partial charge in [-0.1, -0.05) is 0 Å². The van der Waals surface area contributed by atoms with Crippen LogP contribution in [0.15, 0.2) is 0 Å². The van der Waals surface area contributed by atoms with Crippen molar-refractivity contribution in [3.63, 3.8) is 0 Å². The fourth-order valence-electron chi connectivity index (χ4n) is 2.41. The zero-order valence-corrected chi connectivity index (χ0v) is 12.5. The number of amides is 1. The molecule has 1 fully saturated rings.